The van der Waals surface area contributed by atoms with E-state index in [2.05, 4.69) is 27.9 Å². The minimum absolute atomic E-state index is 0.0365. The molecule has 0 amide bonds. The Balaban J connectivity index is 2.23. The Labute approximate surface area is 116 Å². The molecule has 1 fully saturated rings. The smallest absolute Gasteiger partial charge is 0.128 e. The molecule has 2 nitrogen and oxygen atoms in total. The van der Waals surface area contributed by atoms with E-state index in [0.717, 1.165) is 4.47 Å². The van der Waals surface area contributed by atoms with Crippen LogP contribution in [0.5, 0.6) is 0 Å². The molecule has 1 atom stereocenters. The van der Waals surface area contributed by atoms with Gasteiger partial charge in [-0.05, 0) is 38.1 Å². The van der Waals surface area contributed by atoms with Crippen molar-refractivity contribution in [2.45, 2.75) is 37.8 Å². The van der Waals surface area contributed by atoms with Crippen LogP contribution in [0.25, 0.3) is 0 Å². The second-order valence-electron chi connectivity index (χ2n) is 5.02. The molecule has 1 saturated carbocycles. The van der Waals surface area contributed by atoms with Crippen LogP contribution < -0.4 is 5.73 Å². The fraction of sp³-hybridized carbons (Fsp3) is 0.571. The Bertz CT molecular complexity index is 405. The monoisotopic (exact) mass is 314 g/mol. The molecule has 1 aliphatic carbocycles. The number of likely N-dealkylation sites (N-methyl/N-ethyl adjacent to an activating group) is 1. The van der Waals surface area contributed by atoms with Crippen molar-refractivity contribution in [2.24, 2.45) is 5.73 Å². The van der Waals surface area contributed by atoms with Crippen LogP contribution in [0.3, 0.4) is 0 Å². The first-order valence-corrected chi connectivity index (χ1v) is 7.29. The van der Waals surface area contributed by atoms with E-state index in [9.17, 15) is 4.39 Å². The molecule has 2 rings (SSSR count). The predicted molar refractivity (Wildman–Crippen MR) is 75.9 cm³/mol. The molecule has 1 aromatic carbocycles. The van der Waals surface area contributed by atoms with Gasteiger partial charge >= 0.3 is 0 Å². The van der Waals surface area contributed by atoms with Gasteiger partial charge in [0.25, 0.3) is 0 Å². The largest absolute Gasteiger partial charge is 0.329 e. The summed E-state index contributed by atoms with van der Waals surface area (Å²) in [5.74, 6) is -0.168. The first-order valence-electron chi connectivity index (χ1n) is 6.50. The van der Waals surface area contributed by atoms with Crippen LogP contribution in [0.1, 0.15) is 37.3 Å². The van der Waals surface area contributed by atoms with Gasteiger partial charge in [0.2, 0.25) is 0 Å². The summed E-state index contributed by atoms with van der Waals surface area (Å²) in [6.45, 7) is 0.445. The molecule has 0 heterocycles. The van der Waals surface area contributed by atoms with E-state index < -0.39 is 0 Å². The lowest BCUT2D eigenvalue weighted by atomic mass is 10.0. The maximum Gasteiger partial charge on any atom is 0.128 e. The van der Waals surface area contributed by atoms with Crippen LogP contribution in [0, 0.1) is 5.82 Å². The molecule has 1 unspecified atom stereocenters. The Morgan fingerprint density at radius 1 is 1.44 bits per heavy atom. The standard InChI is InChI=1S/C14H20BrFN2/c1-18(11-4-2-3-5-11)14(9-17)12-8-10(15)6-7-13(12)16/h6-8,11,14H,2-5,9,17H2,1H3. The third-order valence-electron chi connectivity index (χ3n) is 3.93. The SMILES string of the molecule is CN(C1CCCC1)C(CN)c1cc(Br)ccc1F. The zero-order chi connectivity index (χ0) is 13.1. The molecule has 1 aliphatic rings. The predicted octanol–water partition coefficient (Wildman–Crippen LogP) is 3.46. The Kier molecular flexibility index (Phi) is 4.76. The van der Waals surface area contributed by atoms with Gasteiger partial charge in [-0.3, -0.25) is 4.90 Å². The van der Waals surface area contributed by atoms with E-state index in [4.69, 9.17) is 5.73 Å². The lowest BCUT2D eigenvalue weighted by molar-refractivity contribution is 0.176. The van der Waals surface area contributed by atoms with E-state index in [-0.39, 0.29) is 11.9 Å². The van der Waals surface area contributed by atoms with Crippen LogP contribution in [0.4, 0.5) is 4.39 Å². The number of hydrogen-bond acceptors (Lipinski definition) is 2. The first kappa shape index (κ1) is 14.0. The minimum atomic E-state index is -0.168. The lowest BCUT2D eigenvalue weighted by Crippen LogP contribution is -2.37. The summed E-state index contributed by atoms with van der Waals surface area (Å²) in [6.07, 6.45) is 4.94. The van der Waals surface area contributed by atoms with Crippen molar-refractivity contribution in [1.82, 2.24) is 4.90 Å². The van der Waals surface area contributed by atoms with Crippen molar-refractivity contribution in [1.29, 1.82) is 0 Å². The Morgan fingerprint density at radius 2 is 2.11 bits per heavy atom. The van der Waals surface area contributed by atoms with Crippen molar-refractivity contribution < 1.29 is 4.39 Å². The summed E-state index contributed by atoms with van der Waals surface area (Å²) >= 11 is 3.40. The van der Waals surface area contributed by atoms with E-state index in [0.29, 0.717) is 18.2 Å². The molecule has 0 bridgehead atoms. The molecule has 0 aromatic heterocycles. The highest BCUT2D eigenvalue weighted by atomic mass is 79.9. The Morgan fingerprint density at radius 3 is 2.72 bits per heavy atom. The lowest BCUT2D eigenvalue weighted by Gasteiger charge is -2.32. The summed E-state index contributed by atoms with van der Waals surface area (Å²) in [6, 6.07) is 5.58. The van der Waals surface area contributed by atoms with Gasteiger partial charge in [0.15, 0.2) is 0 Å². The van der Waals surface area contributed by atoms with Crippen molar-refractivity contribution in [3.8, 4) is 0 Å². The van der Waals surface area contributed by atoms with Crippen LogP contribution in [-0.4, -0.2) is 24.5 Å². The van der Waals surface area contributed by atoms with E-state index in [1.54, 1.807) is 6.07 Å². The summed E-state index contributed by atoms with van der Waals surface area (Å²) in [5, 5.41) is 0. The molecule has 1 aromatic rings. The van der Waals surface area contributed by atoms with Gasteiger partial charge in [-0.25, -0.2) is 4.39 Å². The minimum Gasteiger partial charge on any atom is -0.329 e. The maximum atomic E-state index is 14.0. The average Bonchev–Trinajstić information content (AvgIpc) is 2.88. The van der Waals surface area contributed by atoms with Crippen molar-refractivity contribution >= 4 is 15.9 Å². The first-order chi connectivity index (χ1) is 8.63. The fourth-order valence-electron chi connectivity index (χ4n) is 2.85. The molecule has 2 N–H and O–H groups in total. The van der Waals surface area contributed by atoms with E-state index in [1.165, 1.54) is 31.7 Å². The molecular formula is C14H20BrFN2. The van der Waals surface area contributed by atoms with Crippen molar-refractivity contribution in [2.75, 3.05) is 13.6 Å². The van der Waals surface area contributed by atoms with Gasteiger partial charge in [-0.1, -0.05) is 28.8 Å². The second-order valence-corrected chi connectivity index (χ2v) is 5.94. The number of benzene rings is 1. The van der Waals surface area contributed by atoms with Gasteiger partial charge < -0.3 is 5.73 Å². The third kappa shape index (κ3) is 2.92. The molecule has 0 radical (unpaired) electrons. The molecule has 0 saturated heterocycles. The van der Waals surface area contributed by atoms with Gasteiger partial charge in [-0.2, -0.15) is 0 Å². The van der Waals surface area contributed by atoms with Crippen LogP contribution >= 0.6 is 15.9 Å². The quantitative estimate of drug-likeness (QED) is 0.922. The van der Waals surface area contributed by atoms with Gasteiger partial charge in [0.05, 0.1) is 0 Å². The normalized spacial score (nSPS) is 18.5. The van der Waals surface area contributed by atoms with E-state index in [1.807, 2.05) is 6.07 Å². The highest BCUT2D eigenvalue weighted by molar-refractivity contribution is 9.10. The summed E-state index contributed by atoms with van der Waals surface area (Å²) in [5.41, 5.74) is 6.56. The molecule has 0 aliphatic heterocycles. The second kappa shape index (κ2) is 6.13. The summed E-state index contributed by atoms with van der Waals surface area (Å²) in [4.78, 5) is 2.25. The molecular weight excluding hydrogens is 295 g/mol. The van der Waals surface area contributed by atoms with Crippen LogP contribution in [0.2, 0.25) is 0 Å². The summed E-state index contributed by atoms with van der Waals surface area (Å²) < 4.78 is 14.9. The fourth-order valence-corrected chi connectivity index (χ4v) is 3.23. The number of rotatable bonds is 4. The van der Waals surface area contributed by atoms with Gasteiger partial charge in [0.1, 0.15) is 5.82 Å². The third-order valence-corrected chi connectivity index (χ3v) is 4.43. The highest BCUT2D eigenvalue weighted by Crippen LogP contribution is 2.31. The van der Waals surface area contributed by atoms with Crippen molar-refractivity contribution in [3.63, 3.8) is 0 Å². The van der Waals surface area contributed by atoms with Crippen LogP contribution in [0.15, 0.2) is 22.7 Å². The number of nitrogens with zero attached hydrogens (tertiary/aromatic N) is 1. The molecule has 100 valence electrons. The zero-order valence-corrected chi connectivity index (χ0v) is 12.3. The van der Waals surface area contributed by atoms with Crippen molar-refractivity contribution in [3.05, 3.63) is 34.1 Å². The van der Waals surface area contributed by atoms with Gasteiger partial charge in [-0.15, -0.1) is 0 Å². The van der Waals surface area contributed by atoms with Crippen LogP contribution in [-0.2, 0) is 0 Å². The Hall–Kier alpha value is -0.450. The van der Waals surface area contributed by atoms with Gasteiger partial charge in [0, 0.05) is 28.7 Å². The number of halogens is 2. The number of nitrogens with two attached hydrogens (primary N) is 1. The summed E-state index contributed by atoms with van der Waals surface area (Å²) in [7, 11) is 2.06. The maximum absolute atomic E-state index is 14.0. The average molecular weight is 315 g/mol. The van der Waals surface area contributed by atoms with E-state index >= 15 is 0 Å². The topological polar surface area (TPSA) is 29.3 Å². The molecule has 18 heavy (non-hydrogen) atoms. The number of hydrogen-bond donors (Lipinski definition) is 1. The zero-order valence-electron chi connectivity index (χ0n) is 10.7. The molecule has 0 spiro atoms. The molecule has 4 heteroatoms. The highest BCUT2D eigenvalue weighted by Gasteiger charge is 2.27.